The van der Waals surface area contributed by atoms with E-state index in [1.54, 1.807) is 10.5 Å². The van der Waals surface area contributed by atoms with E-state index in [2.05, 4.69) is 15.5 Å². The molecule has 0 spiro atoms. The zero-order valence-electron chi connectivity index (χ0n) is 12.7. The lowest BCUT2D eigenvalue weighted by atomic mass is 10.0. The fourth-order valence-corrected chi connectivity index (χ4v) is 5.16. The topological polar surface area (TPSA) is 78.1 Å². The number of nitrogens with zero attached hydrogens (tertiary/aromatic N) is 2. The van der Waals surface area contributed by atoms with Crippen molar-refractivity contribution in [2.75, 3.05) is 0 Å². The van der Waals surface area contributed by atoms with E-state index in [1.165, 1.54) is 12.8 Å². The van der Waals surface area contributed by atoms with Crippen LogP contribution in [-0.4, -0.2) is 41.0 Å². The summed E-state index contributed by atoms with van der Waals surface area (Å²) in [5.74, 6) is 0. The maximum atomic E-state index is 13.0. The molecule has 2 heterocycles. The van der Waals surface area contributed by atoms with Gasteiger partial charge in [0.05, 0.1) is 6.20 Å². The number of piperidine rings is 1. The second kappa shape index (κ2) is 5.70. The van der Waals surface area contributed by atoms with Gasteiger partial charge in [0.2, 0.25) is 0 Å². The summed E-state index contributed by atoms with van der Waals surface area (Å²) in [5.41, 5.74) is 0.742. The Labute approximate surface area is 126 Å². The van der Waals surface area contributed by atoms with Crippen molar-refractivity contribution in [3.8, 4) is 0 Å². The normalized spacial score (nSPS) is 27.9. The van der Waals surface area contributed by atoms with Crippen LogP contribution in [0.2, 0.25) is 0 Å². The number of hydrogen-bond donors (Lipinski definition) is 2. The van der Waals surface area contributed by atoms with Crippen LogP contribution in [0.25, 0.3) is 0 Å². The molecule has 118 valence electrons. The van der Waals surface area contributed by atoms with Gasteiger partial charge in [-0.25, -0.2) is 8.42 Å². The molecule has 0 bridgehead atoms. The van der Waals surface area contributed by atoms with Crippen molar-refractivity contribution in [1.29, 1.82) is 0 Å². The highest BCUT2D eigenvalue weighted by Gasteiger charge is 2.37. The molecule has 0 radical (unpaired) electrons. The van der Waals surface area contributed by atoms with Gasteiger partial charge in [-0.3, -0.25) is 5.10 Å². The highest BCUT2D eigenvalue weighted by molar-refractivity contribution is 7.89. The molecule has 1 aromatic rings. The third-order valence-electron chi connectivity index (χ3n) is 4.48. The summed E-state index contributed by atoms with van der Waals surface area (Å²) < 4.78 is 27.6. The molecule has 2 N–H and O–H groups in total. The van der Waals surface area contributed by atoms with Crippen molar-refractivity contribution in [2.24, 2.45) is 0 Å². The summed E-state index contributed by atoms with van der Waals surface area (Å²) in [6.07, 6.45) is 6.93. The minimum absolute atomic E-state index is 0.0475. The first-order chi connectivity index (χ1) is 10.00. The highest BCUT2D eigenvalue weighted by atomic mass is 32.2. The van der Waals surface area contributed by atoms with E-state index >= 15 is 0 Å². The minimum atomic E-state index is -3.50. The van der Waals surface area contributed by atoms with Gasteiger partial charge in [0.15, 0.2) is 5.03 Å². The average molecular weight is 312 g/mol. The number of sulfonamides is 1. The Hall–Kier alpha value is -0.920. The van der Waals surface area contributed by atoms with Crippen molar-refractivity contribution in [1.82, 2.24) is 19.8 Å². The lowest BCUT2D eigenvalue weighted by molar-refractivity contribution is 0.203. The van der Waals surface area contributed by atoms with Crippen LogP contribution in [0.5, 0.6) is 0 Å². The van der Waals surface area contributed by atoms with Gasteiger partial charge in [-0.15, -0.1) is 0 Å². The molecule has 0 aromatic carbocycles. The minimum Gasteiger partial charge on any atom is -0.310 e. The van der Waals surface area contributed by atoms with E-state index in [0.29, 0.717) is 12.6 Å². The highest BCUT2D eigenvalue weighted by Crippen LogP contribution is 2.30. The quantitative estimate of drug-likeness (QED) is 0.866. The molecule has 2 aliphatic rings. The predicted molar refractivity (Wildman–Crippen MR) is 80.2 cm³/mol. The molecule has 2 atom stereocenters. The van der Waals surface area contributed by atoms with Crippen molar-refractivity contribution < 1.29 is 8.42 Å². The van der Waals surface area contributed by atoms with Crippen LogP contribution < -0.4 is 5.32 Å². The summed E-state index contributed by atoms with van der Waals surface area (Å²) in [5, 5.41) is 10.3. The first kappa shape index (κ1) is 15.0. The van der Waals surface area contributed by atoms with Crippen LogP contribution in [0.4, 0.5) is 0 Å². The van der Waals surface area contributed by atoms with Crippen LogP contribution in [0.15, 0.2) is 11.2 Å². The average Bonchev–Trinajstić information content (AvgIpc) is 3.12. The summed E-state index contributed by atoms with van der Waals surface area (Å²) in [6, 6.07) is 0.640. The number of aromatic amines is 1. The van der Waals surface area contributed by atoms with E-state index in [0.717, 1.165) is 24.8 Å². The molecule has 3 rings (SSSR count). The Balaban J connectivity index is 1.84. The number of aromatic nitrogens is 2. The lowest BCUT2D eigenvalue weighted by Gasteiger charge is -2.37. The molecule has 1 saturated carbocycles. The third-order valence-corrected chi connectivity index (χ3v) is 6.63. The standard InChI is InChI=1S/C14H24N4O2S/c1-10-4-3-5-11(2)18(10)21(19,20)14-12(9-16-17-14)8-15-13-6-7-13/h9-11,13,15H,3-8H2,1-2H3,(H,16,17). The summed E-state index contributed by atoms with van der Waals surface area (Å²) in [7, 11) is -3.50. The maximum Gasteiger partial charge on any atom is 0.260 e. The molecule has 1 saturated heterocycles. The first-order valence-electron chi connectivity index (χ1n) is 7.79. The molecule has 0 amide bonds. The fraction of sp³-hybridized carbons (Fsp3) is 0.786. The zero-order valence-corrected chi connectivity index (χ0v) is 13.5. The van der Waals surface area contributed by atoms with E-state index in [4.69, 9.17) is 0 Å². The molecular formula is C14H24N4O2S. The summed E-state index contributed by atoms with van der Waals surface area (Å²) in [6.45, 7) is 4.55. The molecule has 2 unspecified atom stereocenters. The van der Waals surface area contributed by atoms with Gasteiger partial charge in [0.1, 0.15) is 0 Å². The number of rotatable bonds is 5. The molecule has 1 aliphatic heterocycles. The van der Waals surface area contributed by atoms with Crippen molar-refractivity contribution in [3.63, 3.8) is 0 Å². The van der Waals surface area contributed by atoms with Gasteiger partial charge in [0.25, 0.3) is 10.0 Å². The van der Waals surface area contributed by atoms with Crippen LogP contribution in [0.1, 0.15) is 51.5 Å². The molecule has 1 aliphatic carbocycles. The van der Waals surface area contributed by atoms with E-state index < -0.39 is 10.0 Å². The Kier molecular flexibility index (Phi) is 4.07. The van der Waals surface area contributed by atoms with Gasteiger partial charge < -0.3 is 5.32 Å². The zero-order chi connectivity index (χ0) is 15.0. The second-order valence-corrected chi connectivity index (χ2v) is 8.12. The Morgan fingerprint density at radius 2 is 1.95 bits per heavy atom. The molecule has 21 heavy (non-hydrogen) atoms. The van der Waals surface area contributed by atoms with Gasteiger partial charge >= 0.3 is 0 Å². The van der Waals surface area contributed by atoms with Gasteiger partial charge in [-0.2, -0.15) is 9.40 Å². The van der Waals surface area contributed by atoms with E-state index in [9.17, 15) is 8.42 Å². The number of hydrogen-bond acceptors (Lipinski definition) is 4. The van der Waals surface area contributed by atoms with Crippen LogP contribution in [0.3, 0.4) is 0 Å². The molecule has 7 heteroatoms. The van der Waals surface area contributed by atoms with Gasteiger partial charge in [0, 0.05) is 30.2 Å². The second-order valence-electron chi connectivity index (χ2n) is 6.34. The van der Waals surface area contributed by atoms with Crippen molar-refractivity contribution in [3.05, 3.63) is 11.8 Å². The van der Waals surface area contributed by atoms with Crippen molar-refractivity contribution >= 4 is 10.0 Å². The van der Waals surface area contributed by atoms with Gasteiger partial charge in [-0.05, 0) is 39.5 Å². The largest absolute Gasteiger partial charge is 0.310 e. The van der Waals surface area contributed by atoms with Crippen LogP contribution in [-0.2, 0) is 16.6 Å². The SMILES string of the molecule is CC1CCCC(C)N1S(=O)(=O)c1[nH]ncc1CNC1CC1. The van der Waals surface area contributed by atoms with Gasteiger partial charge in [-0.1, -0.05) is 6.42 Å². The summed E-state index contributed by atoms with van der Waals surface area (Å²) >= 11 is 0. The van der Waals surface area contributed by atoms with Crippen LogP contribution in [0, 0.1) is 0 Å². The fourth-order valence-electron chi connectivity index (χ4n) is 3.17. The van der Waals surface area contributed by atoms with E-state index in [1.807, 2.05) is 13.8 Å². The predicted octanol–water partition coefficient (Wildman–Crippen LogP) is 1.61. The third kappa shape index (κ3) is 3.00. The lowest BCUT2D eigenvalue weighted by Crippen LogP contribution is -2.47. The maximum absolute atomic E-state index is 13.0. The number of nitrogens with one attached hydrogen (secondary N) is 2. The van der Waals surface area contributed by atoms with Crippen LogP contribution >= 0.6 is 0 Å². The summed E-state index contributed by atoms with van der Waals surface area (Å²) in [4.78, 5) is 0. The molecular weight excluding hydrogens is 288 g/mol. The monoisotopic (exact) mass is 312 g/mol. The first-order valence-corrected chi connectivity index (χ1v) is 9.23. The Bertz CT molecular complexity index is 584. The van der Waals surface area contributed by atoms with E-state index in [-0.39, 0.29) is 17.1 Å². The Morgan fingerprint density at radius 1 is 1.29 bits per heavy atom. The molecule has 2 fully saturated rings. The number of H-pyrrole nitrogens is 1. The molecule has 6 nitrogen and oxygen atoms in total. The Morgan fingerprint density at radius 3 is 2.57 bits per heavy atom. The molecule has 1 aromatic heterocycles. The smallest absolute Gasteiger partial charge is 0.260 e. The van der Waals surface area contributed by atoms with Crippen molar-refractivity contribution in [2.45, 2.75) is 75.6 Å².